The lowest BCUT2D eigenvalue weighted by atomic mass is 10.1. The maximum atomic E-state index is 11.9. The predicted octanol–water partition coefficient (Wildman–Crippen LogP) is 4.85. The summed E-state index contributed by atoms with van der Waals surface area (Å²) in [6.45, 7) is 4.15. The molecule has 130 valence electrons. The molecular formula is C15H14BrN5OS3. The normalized spacial score (nSPS) is 10.7. The second-order valence-corrected chi connectivity index (χ2v) is 9.71. The number of thiazole rings is 1. The topological polar surface area (TPSA) is 79.8 Å². The largest absolute Gasteiger partial charge is 0.330 e. The van der Waals surface area contributed by atoms with E-state index in [4.69, 9.17) is 0 Å². The minimum Gasteiger partial charge on any atom is -0.330 e. The van der Waals surface area contributed by atoms with E-state index in [1.165, 1.54) is 45.6 Å². The molecule has 0 atom stereocenters. The summed E-state index contributed by atoms with van der Waals surface area (Å²) in [6.07, 6.45) is 1.66. The Morgan fingerprint density at radius 2 is 2.04 bits per heavy atom. The maximum Gasteiger partial charge on any atom is 0.236 e. The molecule has 1 aromatic carbocycles. The number of thioether (sulfide) groups is 1. The number of rotatable bonds is 6. The van der Waals surface area contributed by atoms with Gasteiger partial charge in [0.1, 0.15) is 0 Å². The number of anilines is 3. The van der Waals surface area contributed by atoms with Crippen molar-refractivity contribution < 1.29 is 4.79 Å². The molecule has 0 aliphatic carbocycles. The molecule has 0 radical (unpaired) electrons. The van der Waals surface area contributed by atoms with E-state index in [2.05, 4.69) is 67.7 Å². The van der Waals surface area contributed by atoms with E-state index in [1.54, 1.807) is 6.20 Å². The summed E-state index contributed by atoms with van der Waals surface area (Å²) < 4.78 is 1.61. The number of hydrogen-bond donors (Lipinski definition) is 2. The van der Waals surface area contributed by atoms with Crippen LogP contribution < -0.4 is 10.6 Å². The molecule has 0 saturated heterocycles. The first-order chi connectivity index (χ1) is 12.0. The van der Waals surface area contributed by atoms with Gasteiger partial charge in [0.25, 0.3) is 0 Å². The highest BCUT2D eigenvalue weighted by Crippen LogP contribution is 2.29. The molecule has 1 amide bonds. The molecule has 3 rings (SSSR count). The van der Waals surface area contributed by atoms with Crippen molar-refractivity contribution in [3.63, 3.8) is 0 Å². The Balaban J connectivity index is 1.52. The lowest BCUT2D eigenvalue weighted by Crippen LogP contribution is -2.13. The van der Waals surface area contributed by atoms with Crippen LogP contribution in [0.25, 0.3) is 0 Å². The molecule has 0 fully saturated rings. The molecule has 2 aromatic heterocycles. The van der Waals surface area contributed by atoms with Gasteiger partial charge in [0.2, 0.25) is 11.0 Å². The highest BCUT2D eigenvalue weighted by molar-refractivity contribution is 9.11. The molecule has 0 saturated carbocycles. The highest BCUT2D eigenvalue weighted by atomic mass is 79.9. The van der Waals surface area contributed by atoms with Crippen LogP contribution in [0.1, 0.15) is 11.1 Å². The fourth-order valence-electron chi connectivity index (χ4n) is 1.86. The van der Waals surface area contributed by atoms with Gasteiger partial charge < -0.3 is 10.6 Å². The smallest absolute Gasteiger partial charge is 0.236 e. The van der Waals surface area contributed by atoms with Crippen molar-refractivity contribution in [2.45, 2.75) is 18.2 Å². The van der Waals surface area contributed by atoms with Crippen molar-refractivity contribution >= 4 is 72.2 Å². The lowest BCUT2D eigenvalue weighted by molar-refractivity contribution is -0.113. The summed E-state index contributed by atoms with van der Waals surface area (Å²) in [6, 6.07) is 6.15. The van der Waals surface area contributed by atoms with Crippen LogP contribution in [-0.4, -0.2) is 26.8 Å². The number of nitrogens with one attached hydrogen (secondary N) is 2. The second kappa shape index (κ2) is 8.26. The average molecular weight is 456 g/mol. The number of benzene rings is 1. The molecule has 6 nitrogen and oxygen atoms in total. The predicted molar refractivity (Wildman–Crippen MR) is 108 cm³/mol. The van der Waals surface area contributed by atoms with Gasteiger partial charge in [-0.15, -0.1) is 10.2 Å². The van der Waals surface area contributed by atoms with Gasteiger partial charge in [-0.05, 0) is 53.0 Å². The molecule has 0 spiro atoms. The Hall–Kier alpha value is -1.49. The van der Waals surface area contributed by atoms with Gasteiger partial charge in [-0.2, -0.15) is 0 Å². The van der Waals surface area contributed by atoms with Crippen molar-refractivity contribution in [2.24, 2.45) is 0 Å². The van der Waals surface area contributed by atoms with E-state index in [0.717, 1.165) is 13.8 Å². The fourth-order valence-corrected chi connectivity index (χ4v) is 4.55. The van der Waals surface area contributed by atoms with Gasteiger partial charge in [0.15, 0.2) is 9.47 Å². The van der Waals surface area contributed by atoms with E-state index < -0.39 is 0 Å². The number of carbonyl (C=O) groups excluding carboxylic acids is 1. The van der Waals surface area contributed by atoms with E-state index in [1.807, 2.05) is 6.07 Å². The van der Waals surface area contributed by atoms with Gasteiger partial charge in [-0.25, -0.2) is 4.98 Å². The van der Waals surface area contributed by atoms with Crippen LogP contribution in [0, 0.1) is 13.8 Å². The quantitative estimate of drug-likeness (QED) is 0.517. The molecular weight excluding hydrogens is 442 g/mol. The van der Waals surface area contributed by atoms with Gasteiger partial charge in [-0.1, -0.05) is 40.5 Å². The maximum absolute atomic E-state index is 11.9. The molecule has 10 heteroatoms. The third-order valence-electron chi connectivity index (χ3n) is 3.22. The van der Waals surface area contributed by atoms with Gasteiger partial charge in [-0.3, -0.25) is 4.79 Å². The van der Waals surface area contributed by atoms with E-state index in [-0.39, 0.29) is 11.7 Å². The number of carbonyl (C=O) groups is 1. The van der Waals surface area contributed by atoms with Crippen molar-refractivity contribution in [1.82, 2.24) is 15.2 Å². The number of halogens is 1. The Bertz CT molecular complexity index is 895. The van der Waals surface area contributed by atoms with Crippen molar-refractivity contribution in [3.05, 3.63) is 39.3 Å². The third-order valence-corrected chi connectivity index (χ3v) is 6.58. The number of aryl methyl sites for hydroxylation is 2. The van der Waals surface area contributed by atoms with E-state index >= 15 is 0 Å². The van der Waals surface area contributed by atoms with Gasteiger partial charge >= 0.3 is 0 Å². The van der Waals surface area contributed by atoms with Gasteiger partial charge in [0.05, 0.1) is 15.7 Å². The van der Waals surface area contributed by atoms with Crippen molar-refractivity contribution in [2.75, 3.05) is 16.4 Å². The average Bonchev–Trinajstić information content (AvgIpc) is 3.18. The van der Waals surface area contributed by atoms with Crippen LogP contribution in [0.15, 0.2) is 32.5 Å². The minimum atomic E-state index is -0.120. The Morgan fingerprint density at radius 1 is 1.20 bits per heavy atom. The Morgan fingerprint density at radius 3 is 2.76 bits per heavy atom. The summed E-state index contributed by atoms with van der Waals surface area (Å²) in [5, 5.41) is 15.5. The van der Waals surface area contributed by atoms with Gasteiger partial charge in [0, 0.05) is 5.69 Å². The molecule has 0 aliphatic heterocycles. The molecule has 2 N–H and O–H groups in total. The van der Waals surface area contributed by atoms with Crippen LogP contribution in [0.2, 0.25) is 0 Å². The third kappa shape index (κ3) is 5.24. The summed E-state index contributed by atoms with van der Waals surface area (Å²) in [4.78, 5) is 16.0. The number of nitrogens with zero attached hydrogens (tertiary/aromatic N) is 3. The summed E-state index contributed by atoms with van der Waals surface area (Å²) in [5.74, 6) is 0.140. The minimum absolute atomic E-state index is 0.120. The Labute approximate surface area is 165 Å². The van der Waals surface area contributed by atoms with Crippen LogP contribution in [-0.2, 0) is 4.79 Å². The zero-order valence-corrected chi connectivity index (χ0v) is 17.4. The standard InChI is InChI=1S/C15H14BrN5OS3/c1-8-3-4-10(5-9(8)2)18-14-20-21-15(25-14)23-7-12(22)19-13-17-6-11(16)24-13/h3-6H,7H2,1-2H3,(H,18,20)(H,17,19,22). The van der Waals surface area contributed by atoms with Crippen LogP contribution in [0.5, 0.6) is 0 Å². The van der Waals surface area contributed by atoms with E-state index in [9.17, 15) is 4.79 Å². The SMILES string of the molecule is Cc1ccc(Nc2nnc(SCC(=O)Nc3ncc(Br)s3)s2)cc1C. The van der Waals surface area contributed by atoms with Crippen LogP contribution >= 0.6 is 50.4 Å². The number of aromatic nitrogens is 3. The molecule has 0 unspecified atom stereocenters. The first kappa shape index (κ1) is 18.3. The molecule has 0 bridgehead atoms. The first-order valence-corrected chi connectivity index (χ1v) is 10.6. The molecule has 25 heavy (non-hydrogen) atoms. The van der Waals surface area contributed by atoms with E-state index in [0.29, 0.717) is 10.3 Å². The molecule has 2 heterocycles. The Kier molecular flexibility index (Phi) is 6.05. The second-order valence-electron chi connectivity index (χ2n) is 5.10. The zero-order chi connectivity index (χ0) is 17.8. The number of amides is 1. The summed E-state index contributed by atoms with van der Waals surface area (Å²) >= 11 is 7.45. The molecule has 0 aliphatic rings. The number of hydrogen-bond acceptors (Lipinski definition) is 8. The van der Waals surface area contributed by atoms with Crippen LogP contribution in [0.4, 0.5) is 16.0 Å². The molecule has 3 aromatic rings. The summed E-state index contributed by atoms with van der Waals surface area (Å²) in [5.41, 5.74) is 3.44. The van der Waals surface area contributed by atoms with Crippen molar-refractivity contribution in [1.29, 1.82) is 0 Å². The lowest BCUT2D eigenvalue weighted by Gasteiger charge is -2.05. The zero-order valence-electron chi connectivity index (χ0n) is 13.4. The fraction of sp³-hybridized carbons (Fsp3) is 0.200. The van der Waals surface area contributed by atoms with Crippen molar-refractivity contribution in [3.8, 4) is 0 Å². The summed E-state index contributed by atoms with van der Waals surface area (Å²) in [7, 11) is 0. The monoisotopic (exact) mass is 455 g/mol. The van der Waals surface area contributed by atoms with Crippen LogP contribution in [0.3, 0.4) is 0 Å². The highest BCUT2D eigenvalue weighted by Gasteiger charge is 2.10. The first-order valence-electron chi connectivity index (χ1n) is 7.21.